The zero-order valence-electron chi connectivity index (χ0n) is 38.3. The zero-order valence-corrected chi connectivity index (χ0v) is 38.3. The Kier molecular flexibility index (Phi) is 16.5. The summed E-state index contributed by atoms with van der Waals surface area (Å²) in [4.78, 5) is 113. The van der Waals surface area contributed by atoms with Crippen molar-refractivity contribution in [2.24, 2.45) is 22.2 Å². The molecule has 0 bridgehead atoms. The van der Waals surface area contributed by atoms with E-state index in [4.69, 9.17) is 17.2 Å². The number of aliphatic imine (C=N–C) groups is 1. The van der Waals surface area contributed by atoms with Crippen molar-refractivity contribution in [3.63, 3.8) is 0 Å². The maximum Gasteiger partial charge on any atom is 0.252 e. The number of carbonyl (C=O) groups excluding carboxylic acids is 7. The summed E-state index contributed by atoms with van der Waals surface area (Å²) in [6.07, 6.45) is 5.47. The minimum atomic E-state index is -1.34. The van der Waals surface area contributed by atoms with Gasteiger partial charge >= 0.3 is 0 Å². The third-order valence-corrected chi connectivity index (χ3v) is 12.1. The van der Waals surface area contributed by atoms with Crippen LogP contribution in [0.5, 0.6) is 0 Å². The summed E-state index contributed by atoms with van der Waals surface area (Å²) in [5, 5.41) is 19.4. The average Bonchev–Trinajstić information content (AvgIpc) is 4.03. The molecular formula is C50H57N13O7. The monoisotopic (exact) mass is 951 g/mol. The Morgan fingerprint density at radius 2 is 1.29 bits per heavy atom. The van der Waals surface area contributed by atoms with Gasteiger partial charge in [-0.05, 0) is 72.2 Å². The minimum Gasteiger partial charge on any atom is -0.370 e. The van der Waals surface area contributed by atoms with Crippen LogP contribution < -0.4 is 49.1 Å². The number of aromatic nitrogens is 3. The molecule has 70 heavy (non-hydrogen) atoms. The number of aromatic amines is 2. The molecule has 0 saturated carbocycles. The molecule has 5 atom stereocenters. The van der Waals surface area contributed by atoms with E-state index < -0.39 is 71.6 Å². The van der Waals surface area contributed by atoms with E-state index in [0.717, 1.165) is 21.7 Å². The number of nitrogens with one attached hydrogen (secondary N) is 8. The SMILES string of the molecule is NC(=O)[C@@H]1CCCCNC(=O)c2ccccc2C(=O)N[C@@H](Cc2cnc[nH]2)C(=O)N[C@H](Cc2ccc3ccccc3c2)C(=O)N[C@@H](CCCN=C(N)N)C(=O)N[C@@H](Cc2c[nH]c3ccccc23)C(=O)N1. The number of guanidine groups is 1. The summed E-state index contributed by atoms with van der Waals surface area (Å²) >= 11 is 0. The molecule has 20 heteroatoms. The zero-order chi connectivity index (χ0) is 49.6. The summed E-state index contributed by atoms with van der Waals surface area (Å²) in [6.45, 7) is 0.237. The van der Waals surface area contributed by atoms with E-state index in [2.05, 4.69) is 51.8 Å². The van der Waals surface area contributed by atoms with Gasteiger partial charge in [-0.3, -0.25) is 38.6 Å². The van der Waals surface area contributed by atoms with Crippen LogP contribution in [0.2, 0.25) is 0 Å². The predicted octanol–water partition coefficient (Wildman–Crippen LogP) is 1.26. The third-order valence-electron chi connectivity index (χ3n) is 12.1. The van der Waals surface area contributed by atoms with Gasteiger partial charge in [0, 0.05) is 61.3 Å². The number of imidazole rings is 1. The van der Waals surface area contributed by atoms with Gasteiger partial charge in [-0.2, -0.15) is 0 Å². The summed E-state index contributed by atoms with van der Waals surface area (Å²) in [5.41, 5.74) is 19.7. The van der Waals surface area contributed by atoms with E-state index in [1.54, 1.807) is 18.3 Å². The molecule has 14 N–H and O–H groups in total. The first-order valence-corrected chi connectivity index (χ1v) is 23.1. The quantitative estimate of drug-likeness (QED) is 0.0502. The van der Waals surface area contributed by atoms with Crippen LogP contribution in [0.4, 0.5) is 0 Å². The van der Waals surface area contributed by atoms with Crippen LogP contribution in [0, 0.1) is 0 Å². The van der Waals surface area contributed by atoms with Crippen molar-refractivity contribution in [1.29, 1.82) is 0 Å². The first-order valence-electron chi connectivity index (χ1n) is 23.1. The smallest absolute Gasteiger partial charge is 0.252 e. The van der Waals surface area contributed by atoms with Gasteiger partial charge in [0.1, 0.15) is 30.2 Å². The van der Waals surface area contributed by atoms with Crippen molar-refractivity contribution >= 4 is 69.0 Å². The number of primary amides is 1. The number of rotatable bonds is 11. The van der Waals surface area contributed by atoms with E-state index in [-0.39, 0.29) is 68.7 Å². The van der Waals surface area contributed by atoms with Crippen LogP contribution in [0.25, 0.3) is 21.7 Å². The molecule has 2 aromatic heterocycles. The molecule has 3 heterocycles. The molecule has 0 saturated heterocycles. The lowest BCUT2D eigenvalue weighted by Gasteiger charge is -2.27. The normalized spacial score (nSPS) is 20.2. The standard InChI is InChI=1S/C50H57N13O7/c51-43(64)38-16-7-8-20-55-44(65)35-13-3-4-14-36(35)45(66)61-42(25-33-27-54-28-58-33)49(70)62-40(23-29-18-19-30-10-1-2-11-31(30)22-29)47(68)60-39(17-9-21-56-50(52)53)46(67)63-41(48(69)59-38)24-32-26-57-37-15-6-5-12-34(32)37/h1-6,10-15,18-19,22,26-28,38-42,57H,7-9,16-17,20-21,23-25H2,(H2,51,64)(H,54,58)(H,55,65)(H,59,69)(H,60,68)(H,61,66)(H,62,70)(H,63,67)(H4,52,53,56)/t38-,39-,40+,41-,42-/m0/s1. The summed E-state index contributed by atoms with van der Waals surface area (Å²) in [7, 11) is 0. The van der Waals surface area contributed by atoms with Crippen LogP contribution in [-0.2, 0) is 43.2 Å². The minimum absolute atomic E-state index is 0.0129. The van der Waals surface area contributed by atoms with Crippen LogP contribution >= 0.6 is 0 Å². The van der Waals surface area contributed by atoms with Crippen molar-refractivity contribution in [2.75, 3.05) is 13.1 Å². The number of benzene rings is 4. The van der Waals surface area contributed by atoms with Gasteiger partial charge in [0.05, 0.1) is 17.5 Å². The fourth-order valence-corrected chi connectivity index (χ4v) is 8.40. The van der Waals surface area contributed by atoms with Crippen LogP contribution in [-0.4, -0.2) is 106 Å². The average molecular weight is 952 g/mol. The van der Waals surface area contributed by atoms with E-state index >= 15 is 0 Å². The van der Waals surface area contributed by atoms with Crippen LogP contribution in [0.1, 0.15) is 69.6 Å². The van der Waals surface area contributed by atoms with Gasteiger partial charge < -0.3 is 59.1 Å². The van der Waals surface area contributed by atoms with E-state index in [0.29, 0.717) is 29.7 Å². The Bertz CT molecular complexity index is 2880. The Balaban J connectivity index is 1.27. The number of nitrogens with zero attached hydrogens (tertiary/aromatic N) is 2. The molecule has 0 radical (unpaired) electrons. The molecule has 0 aliphatic carbocycles. The van der Waals surface area contributed by atoms with Crippen molar-refractivity contribution in [3.8, 4) is 0 Å². The highest BCUT2D eigenvalue weighted by atomic mass is 16.2. The Labute approximate surface area is 402 Å². The lowest BCUT2D eigenvalue weighted by Crippen LogP contribution is -2.60. The highest BCUT2D eigenvalue weighted by molar-refractivity contribution is 6.08. The number of hydrogen-bond acceptors (Lipinski definition) is 9. The molecule has 1 aliphatic rings. The lowest BCUT2D eigenvalue weighted by molar-refractivity contribution is -0.134. The summed E-state index contributed by atoms with van der Waals surface area (Å²) < 4.78 is 0. The van der Waals surface area contributed by atoms with Crippen molar-refractivity contribution < 1.29 is 33.6 Å². The summed E-state index contributed by atoms with van der Waals surface area (Å²) in [6, 6.07) is 20.4. The number of carbonyl (C=O) groups is 7. The molecular weight excluding hydrogens is 895 g/mol. The molecule has 6 aromatic rings. The molecule has 1 aliphatic heterocycles. The number of fused-ring (bicyclic) bond motifs is 3. The van der Waals surface area contributed by atoms with Crippen molar-refractivity contribution in [2.45, 2.75) is 81.6 Å². The fourth-order valence-electron chi connectivity index (χ4n) is 8.40. The largest absolute Gasteiger partial charge is 0.370 e. The second kappa shape index (κ2) is 23.5. The first kappa shape index (κ1) is 49.4. The maximum absolute atomic E-state index is 14.8. The Morgan fingerprint density at radius 3 is 2.01 bits per heavy atom. The van der Waals surface area contributed by atoms with Crippen LogP contribution in [0.3, 0.4) is 0 Å². The molecule has 7 amide bonds. The Hall–Kier alpha value is -8.55. The molecule has 0 fully saturated rings. The Morgan fingerprint density at radius 1 is 0.643 bits per heavy atom. The number of amides is 7. The lowest BCUT2D eigenvalue weighted by atomic mass is 9.99. The molecule has 0 spiro atoms. The van der Waals surface area contributed by atoms with Crippen LogP contribution in [0.15, 0.2) is 115 Å². The number of para-hydroxylation sites is 1. The van der Waals surface area contributed by atoms with E-state index in [1.807, 2.05) is 66.7 Å². The highest BCUT2D eigenvalue weighted by Gasteiger charge is 2.34. The first-order chi connectivity index (χ1) is 33.8. The van der Waals surface area contributed by atoms with E-state index in [1.165, 1.54) is 24.7 Å². The topological polar surface area (TPSA) is 327 Å². The third kappa shape index (κ3) is 13.1. The fraction of sp³-hybridized carbons (Fsp3) is 0.300. The van der Waals surface area contributed by atoms with E-state index in [9.17, 15) is 33.6 Å². The van der Waals surface area contributed by atoms with Gasteiger partial charge in [-0.1, -0.05) is 72.8 Å². The second-order valence-corrected chi connectivity index (χ2v) is 17.1. The highest BCUT2D eigenvalue weighted by Crippen LogP contribution is 2.21. The molecule has 7 rings (SSSR count). The molecule has 20 nitrogen and oxygen atoms in total. The molecule has 0 unspecified atom stereocenters. The van der Waals surface area contributed by atoms with Gasteiger partial charge in [0.15, 0.2) is 5.96 Å². The van der Waals surface area contributed by atoms with Gasteiger partial charge in [-0.15, -0.1) is 0 Å². The molecule has 4 aromatic carbocycles. The number of hydrogen-bond donors (Lipinski definition) is 11. The summed E-state index contributed by atoms with van der Waals surface area (Å²) in [5.74, 6) is -5.25. The number of H-pyrrole nitrogens is 2. The van der Waals surface area contributed by atoms with Gasteiger partial charge in [0.25, 0.3) is 11.8 Å². The van der Waals surface area contributed by atoms with Crippen molar-refractivity contribution in [1.82, 2.24) is 46.9 Å². The molecule has 364 valence electrons. The predicted molar refractivity (Wildman–Crippen MR) is 263 cm³/mol. The second-order valence-electron chi connectivity index (χ2n) is 17.1. The van der Waals surface area contributed by atoms with Crippen molar-refractivity contribution in [3.05, 3.63) is 138 Å². The van der Waals surface area contributed by atoms with Gasteiger partial charge in [-0.25, -0.2) is 4.98 Å². The maximum atomic E-state index is 14.8. The number of nitrogens with two attached hydrogens (primary N) is 3. The van der Waals surface area contributed by atoms with Gasteiger partial charge in [0.2, 0.25) is 29.5 Å².